The van der Waals surface area contributed by atoms with Gasteiger partial charge in [0.2, 0.25) is 0 Å². The molecule has 0 unspecified atom stereocenters. The molecular weight excluding hydrogens is 617 g/mol. The first-order valence-corrected chi connectivity index (χ1v) is 17.5. The normalized spacial score (nSPS) is 11.9. The Morgan fingerprint density at radius 2 is 0.480 bits per heavy atom. The third-order valence-corrected chi connectivity index (χ3v) is 10.6. The SMILES string of the molecule is Cc1cc(N(C)N(C)C)ccc1C(c1ccc(N(C)N(C)C)cc1C)C(c1ccc(N(C)N(C)C)cc1C)c1ccc(N(C)N(C)C)cc1C. The topological polar surface area (TPSA) is 25.9 Å². The van der Waals surface area contributed by atoms with Crippen molar-refractivity contribution in [3.05, 3.63) is 117 Å². The Hall–Kier alpha value is -4.08. The molecule has 0 saturated heterocycles. The molecule has 0 saturated carbocycles. The van der Waals surface area contributed by atoms with Crippen LogP contribution in [-0.4, -0.2) is 105 Å². The van der Waals surface area contributed by atoms with Crippen molar-refractivity contribution in [3.8, 4) is 0 Å². The van der Waals surface area contributed by atoms with Crippen LogP contribution < -0.4 is 20.0 Å². The number of rotatable bonds is 13. The smallest absolute Gasteiger partial charge is 0.0521 e. The number of hydrogen-bond acceptors (Lipinski definition) is 8. The molecular formula is C42H62N8. The lowest BCUT2D eigenvalue weighted by Gasteiger charge is -2.36. The van der Waals surface area contributed by atoms with Gasteiger partial charge >= 0.3 is 0 Å². The van der Waals surface area contributed by atoms with Gasteiger partial charge in [0, 0.05) is 96.4 Å². The zero-order valence-electron chi connectivity index (χ0n) is 33.7. The summed E-state index contributed by atoms with van der Waals surface area (Å²) in [6, 6.07) is 28.0. The van der Waals surface area contributed by atoms with Gasteiger partial charge < -0.3 is 20.0 Å². The number of hydrogen-bond donors (Lipinski definition) is 0. The lowest BCUT2D eigenvalue weighted by molar-refractivity contribution is 0.397. The van der Waals surface area contributed by atoms with E-state index in [0.717, 1.165) is 0 Å². The molecule has 0 N–H and O–H groups in total. The van der Waals surface area contributed by atoms with Crippen molar-refractivity contribution in [1.82, 2.24) is 20.0 Å². The predicted molar refractivity (Wildman–Crippen MR) is 217 cm³/mol. The number of nitrogens with zero attached hydrogens (tertiary/aromatic N) is 8. The largest absolute Gasteiger partial charge is 0.309 e. The fourth-order valence-corrected chi connectivity index (χ4v) is 6.82. The second-order valence-corrected chi connectivity index (χ2v) is 14.6. The molecule has 0 heterocycles. The van der Waals surface area contributed by atoms with E-state index in [1.807, 2.05) is 0 Å². The summed E-state index contributed by atoms with van der Waals surface area (Å²) in [5.74, 6) is 0.111. The molecule has 0 aliphatic heterocycles. The quantitative estimate of drug-likeness (QED) is 0.134. The summed E-state index contributed by atoms with van der Waals surface area (Å²) < 4.78 is 0. The van der Waals surface area contributed by atoms with Crippen molar-refractivity contribution in [3.63, 3.8) is 0 Å². The predicted octanol–water partition coefficient (Wildman–Crippen LogP) is 7.54. The molecule has 0 radical (unpaired) electrons. The molecule has 50 heavy (non-hydrogen) atoms. The summed E-state index contributed by atoms with van der Waals surface area (Å²) in [4.78, 5) is 0. The van der Waals surface area contributed by atoms with Crippen LogP contribution in [0.3, 0.4) is 0 Å². The van der Waals surface area contributed by atoms with Gasteiger partial charge in [-0.15, -0.1) is 0 Å². The highest BCUT2D eigenvalue weighted by Crippen LogP contribution is 2.48. The van der Waals surface area contributed by atoms with Crippen LogP contribution in [0.1, 0.15) is 56.3 Å². The Morgan fingerprint density at radius 1 is 0.300 bits per heavy atom. The number of anilines is 4. The van der Waals surface area contributed by atoms with E-state index in [1.54, 1.807) is 0 Å². The highest BCUT2D eigenvalue weighted by atomic mass is 15.6. The molecule has 0 fully saturated rings. The minimum absolute atomic E-state index is 0.0553. The minimum Gasteiger partial charge on any atom is -0.309 e. The first-order valence-electron chi connectivity index (χ1n) is 17.5. The third-order valence-electron chi connectivity index (χ3n) is 10.6. The van der Waals surface area contributed by atoms with Crippen LogP contribution in [-0.2, 0) is 0 Å². The summed E-state index contributed by atoms with van der Waals surface area (Å²) in [5.41, 5.74) is 15.2. The van der Waals surface area contributed by atoms with E-state index < -0.39 is 0 Å². The molecule has 0 aliphatic carbocycles. The number of aryl methyl sites for hydroxylation is 4. The van der Waals surface area contributed by atoms with Crippen molar-refractivity contribution >= 4 is 22.7 Å². The van der Waals surface area contributed by atoms with Gasteiger partial charge in [-0.3, -0.25) is 0 Å². The van der Waals surface area contributed by atoms with Crippen LogP contribution in [0.5, 0.6) is 0 Å². The summed E-state index contributed by atoms with van der Waals surface area (Å²) >= 11 is 0. The Balaban J connectivity index is 2.08. The fourth-order valence-electron chi connectivity index (χ4n) is 6.82. The van der Waals surface area contributed by atoms with E-state index in [9.17, 15) is 0 Å². The van der Waals surface area contributed by atoms with Gasteiger partial charge in [0.25, 0.3) is 0 Å². The summed E-state index contributed by atoms with van der Waals surface area (Å²) in [5, 5.41) is 17.2. The Bertz CT molecular complexity index is 1510. The van der Waals surface area contributed by atoms with Gasteiger partial charge in [0.1, 0.15) is 0 Å². The van der Waals surface area contributed by atoms with Gasteiger partial charge in [-0.25, -0.2) is 20.0 Å². The second-order valence-electron chi connectivity index (χ2n) is 14.6. The van der Waals surface area contributed by atoms with Gasteiger partial charge in [-0.05, 0) is 121 Å². The van der Waals surface area contributed by atoms with E-state index in [0.29, 0.717) is 0 Å². The molecule has 0 spiro atoms. The van der Waals surface area contributed by atoms with Crippen molar-refractivity contribution < 1.29 is 0 Å². The molecule has 0 aliphatic rings. The zero-order valence-corrected chi connectivity index (χ0v) is 33.7. The van der Waals surface area contributed by atoms with Gasteiger partial charge in [-0.2, -0.15) is 0 Å². The van der Waals surface area contributed by atoms with Crippen LogP contribution in [0, 0.1) is 27.7 Å². The Morgan fingerprint density at radius 3 is 0.620 bits per heavy atom. The van der Waals surface area contributed by atoms with Crippen molar-refractivity contribution in [2.24, 2.45) is 0 Å². The second kappa shape index (κ2) is 15.9. The van der Waals surface area contributed by atoms with Crippen LogP contribution in [0.2, 0.25) is 0 Å². The van der Waals surface area contributed by atoms with Crippen LogP contribution in [0.4, 0.5) is 22.7 Å². The maximum absolute atomic E-state index is 2.37. The van der Waals surface area contributed by atoms with E-state index in [-0.39, 0.29) is 11.8 Å². The maximum Gasteiger partial charge on any atom is 0.0521 e. The van der Waals surface area contributed by atoms with Crippen LogP contribution in [0.15, 0.2) is 72.8 Å². The Kier molecular flexibility index (Phi) is 12.3. The van der Waals surface area contributed by atoms with Crippen molar-refractivity contribution in [2.75, 3.05) is 105 Å². The monoisotopic (exact) mass is 679 g/mol. The third kappa shape index (κ3) is 8.10. The maximum atomic E-state index is 2.37. The first kappa shape index (κ1) is 38.7. The van der Waals surface area contributed by atoms with Gasteiger partial charge in [0.15, 0.2) is 0 Å². The molecule has 8 heteroatoms. The highest BCUT2D eigenvalue weighted by Gasteiger charge is 2.33. The van der Waals surface area contributed by atoms with E-state index >= 15 is 0 Å². The molecule has 0 amide bonds. The molecule has 0 aromatic heterocycles. The lowest BCUT2D eigenvalue weighted by Crippen LogP contribution is -2.33. The van der Waals surface area contributed by atoms with Gasteiger partial charge in [0.05, 0.1) is 22.7 Å². The lowest BCUT2D eigenvalue weighted by atomic mass is 9.70. The average molecular weight is 679 g/mol. The van der Waals surface area contributed by atoms with E-state index in [1.165, 1.54) is 67.3 Å². The van der Waals surface area contributed by atoms with Gasteiger partial charge in [-0.1, -0.05) is 24.3 Å². The van der Waals surface area contributed by atoms with E-state index in [2.05, 4.69) is 225 Å². The van der Waals surface area contributed by atoms with Crippen molar-refractivity contribution in [1.29, 1.82) is 0 Å². The molecule has 4 aromatic rings. The molecule has 4 aromatic carbocycles. The average Bonchev–Trinajstić information content (AvgIpc) is 3.06. The standard InChI is InChI=1S/C42H62N8/c1-29-25-33(47(13)43(5)6)17-21-37(29)41(38-22-18-34(26-30(38)2)48(14)44(7)8)42(39-23-19-35(27-31(39)3)49(15)45(9)10)40-24-20-36(28-32(40)4)50(16)46(11)12/h17-28,41-42H,1-16H3. The van der Waals surface area contributed by atoms with E-state index in [4.69, 9.17) is 0 Å². The zero-order chi connectivity index (χ0) is 37.2. The summed E-state index contributed by atoms with van der Waals surface area (Å²) in [6.07, 6.45) is 0. The molecule has 4 rings (SSSR count). The molecule has 8 nitrogen and oxygen atoms in total. The fraction of sp³-hybridized carbons (Fsp3) is 0.429. The number of hydrazine groups is 4. The van der Waals surface area contributed by atoms with Crippen LogP contribution in [0.25, 0.3) is 0 Å². The summed E-state index contributed by atoms with van der Waals surface area (Å²) in [7, 11) is 25.1. The van der Waals surface area contributed by atoms with Crippen LogP contribution >= 0.6 is 0 Å². The molecule has 0 bridgehead atoms. The molecule has 270 valence electrons. The number of benzene rings is 4. The highest BCUT2D eigenvalue weighted by molar-refractivity contribution is 5.61. The Labute approximate surface area is 303 Å². The van der Waals surface area contributed by atoms with Crippen molar-refractivity contribution in [2.45, 2.75) is 39.5 Å². The minimum atomic E-state index is 0.0553. The summed E-state index contributed by atoms with van der Waals surface area (Å²) in [6.45, 7) is 9.11. The first-order chi connectivity index (χ1) is 23.4. The molecule has 0 atom stereocenters.